The lowest BCUT2D eigenvalue weighted by Gasteiger charge is -2.11. The van der Waals surface area contributed by atoms with E-state index in [4.69, 9.17) is 5.73 Å². The molecule has 1 heterocycles. The number of aryl methyl sites for hydroxylation is 2. The van der Waals surface area contributed by atoms with Crippen molar-refractivity contribution in [3.63, 3.8) is 0 Å². The number of nitrogens with two attached hydrogens (primary N) is 1. The Morgan fingerprint density at radius 1 is 1.33 bits per heavy atom. The summed E-state index contributed by atoms with van der Waals surface area (Å²) in [5.41, 5.74) is 8.31. The normalized spacial score (nSPS) is 17.9. The van der Waals surface area contributed by atoms with Crippen molar-refractivity contribution in [2.24, 2.45) is 5.73 Å². The first-order valence-electron chi connectivity index (χ1n) is 5.41. The minimum Gasteiger partial charge on any atom is -0.362 e. The monoisotopic (exact) mass is 214 g/mol. The highest BCUT2D eigenvalue weighted by atomic mass is 19.3. The third-order valence-corrected chi connectivity index (χ3v) is 3.09. The van der Waals surface area contributed by atoms with Gasteiger partial charge < -0.3 is 10.7 Å². The molecule has 0 saturated carbocycles. The Kier molecular flexibility index (Phi) is 3.05. The first-order chi connectivity index (χ1) is 7.22. The van der Waals surface area contributed by atoms with Gasteiger partial charge in [0.25, 0.3) is 0 Å². The Labute approximate surface area is 87.9 Å². The molecule has 15 heavy (non-hydrogen) atoms. The lowest BCUT2D eigenvalue weighted by molar-refractivity contribution is 0.115. The summed E-state index contributed by atoms with van der Waals surface area (Å²) >= 11 is 0. The number of H-pyrrole nitrogens is 1. The summed E-state index contributed by atoms with van der Waals surface area (Å²) in [6, 6.07) is 1.87. The van der Waals surface area contributed by atoms with E-state index >= 15 is 0 Å². The summed E-state index contributed by atoms with van der Waals surface area (Å²) in [5.74, 6) is -0.837. The van der Waals surface area contributed by atoms with E-state index in [9.17, 15) is 8.78 Å². The second-order valence-electron chi connectivity index (χ2n) is 4.11. The number of alkyl halides is 2. The molecule has 4 heteroatoms. The minimum atomic E-state index is -2.38. The molecule has 0 amide bonds. The molecule has 1 aliphatic rings. The van der Waals surface area contributed by atoms with E-state index in [0.29, 0.717) is 5.69 Å². The van der Waals surface area contributed by atoms with E-state index in [1.165, 1.54) is 5.56 Å². The Morgan fingerprint density at radius 2 is 2.07 bits per heavy atom. The van der Waals surface area contributed by atoms with Gasteiger partial charge in [-0.1, -0.05) is 0 Å². The second kappa shape index (κ2) is 4.31. The van der Waals surface area contributed by atoms with Gasteiger partial charge in [0.1, 0.15) is 0 Å². The summed E-state index contributed by atoms with van der Waals surface area (Å²) in [5, 5.41) is 0. The van der Waals surface area contributed by atoms with Crippen molar-refractivity contribution in [3.8, 4) is 0 Å². The van der Waals surface area contributed by atoms with Crippen LogP contribution in [0, 0.1) is 0 Å². The van der Waals surface area contributed by atoms with Gasteiger partial charge in [-0.3, -0.25) is 0 Å². The van der Waals surface area contributed by atoms with Crippen LogP contribution >= 0.6 is 0 Å². The lowest BCUT2D eigenvalue weighted by Crippen LogP contribution is -2.20. The van der Waals surface area contributed by atoms with Gasteiger partial charge in [-0.15, -0.1) is 0 Å². The molecule has 0 bridgehead atoms. The number of nitrogens with one attached hydrogen (secondary N) is 1. The third-order valence-electron chi connectivity index (χ3n) is 3.09. The Hall–Kier alpha value is -0.900. The molecule has 0 fully saturated rings. The zero-order valence-corrected chi connectivity index (χ0v) is 8.60. The zero-order valence-electron chi connectivity index (χ0n) is 8.60. The van der Waals surface area contributed by atoms with E-state index in [1.54, 1.807) is 0 Å². The number of aromatic nitrogens is 1. The maximum atomic E-state index is 12.6. The van der Waals surface area contributed by atoms with Gasteiger partial charge in [-0.05, 0) is 37.3 Å². The van der Waals surface area contributed by atoms with Gasteiger partial charge in [0.05, 0.1) is 5.92 Å². The summed E-state index contributed by atoms with van der Waals surface area (Å²) < 4.78 is 25.3. The van der Waals surface area contributed by atoms with Gasteiger partial charge in [-0.2, -0.15) is 0 Å². The van der Waals surface area contributed by atoms with Crippen molar-refractivity contribution in [3.05, 3.63) is 23.0 Å². The number of rotatable bonds is 3. The topological polar surface area (TPSA) is 41.8 Å². The maximum absolute atomic E-state index is 12.6. The summed E-state index contributed by atoms with van der Waals surface area (Å²) in [6.45, 7) is -0.00292. The molecule has 1 atom stereocenters. The van der Waals surface area contributed by atoms with Gasteiger partial charge in [0, 0.05) is 17.9 Å². The molecule has 0 aliphatic heterocycles. The molecule has 1 unspecified atom stereocenters. The average molecular weight is 214 g/mol. The second-order valence-corrected chi connectivity index (χ2v) is 4.11. The third kappa shape index (κ3) is 2.04. The van der Waals surface area contributed by atoms with Crippen LogP contribution in [0.25, 0.3) is 0 Å². The van der Waals surface area contributed by atoms with Crippen LogP contribution in [0.15, 0.2) is 6.07 Å². The van der Waals surface area contributed by atoms with Crippen LogP contribution in [-0.2, 0) is 12.8 Å². The molecule has 1 aliphatic carbocycles. The first kappa shape index (κ1) is 10.6. The highest BCUT2D eigenvalue weighted by Gasteiger charge is 2.24. The first-order valence-corrected chi connectivity index (χ1v) is 5.41. The van der Waals surface area contributed by atoms with Crippen LogP contribution in [0.1, 0.15) is 35.7 Å². The quantitative estimate of drug-likeness (QED) is 0.795. The maximum Gasteiger partial charge on any atom is 0.248 e. The summed E-state index contributed by atoms with van der Waals surface area (Å²) in [4.78, 5) is 3.11. The van der Waals surface area contributed by atoms with Gasteiger partial charge in [-0.25, -0.2) is 8.78 Å². The predicted octanol–water partition coefficient (Wildman–Crippen LogP) is 2.20. The molecule has 0 saturated heterocycles. The molecule has 0 aromatic carbocycles. The highest BCUT2D eigenvalue weighted by Crippen LogP contribution is 2.27. The van der Waals surface area contributed by atoms with Crippen LogP contribution in [0.4, 0.5) is 8.78 Å². The number of hydrogen-bond donors (Lipinski definition) is 2. The van der Waals surface area contributed by atoms with E-state index in [1.807, 2.05) is 6.07 Å². The van der Waals surface area contributed by atoms with Gasteiger partial charge in [0.2, 0.25) is 6.43 Å². The standard InChI is InChI=1S/C11H16F2N2/c12-11(13)8(6-14)10-5-7-3-1-2-4-9(7)15-10/h5,8,11,15H,1-4,6,14H2. The van der Waals surface area contributed by atoms with Crippen molar-refractivity contribution >= 4 is 0 Å². The van der Waals surface area contributed by atoms with Crippen molar-refractivity contribution < 1.29 is 8.78 Å². The largest absolute Gasteiger partial charge is 0.362 e. The van der Waals surface area contributed by atoms with E-state index < -0.39 is 12.3 Å². The fraction of sp³-hybridized carbons (Fsp3) is 0.636. The molecule has 2 rings (SSSR count). The van der Waals surface area contributed by atoms with Crippen LogP contribution in [0.2, 0.25) is 0 Å². The lowest BCUT2D eigenvalue weighted by atomic mass is 9.97. The SMILES string of the molecule is NCC(c1cc2c([nH]1)CCCC2)C(F)F. The van der Waals surface area contributed by atoms with Crippen molar-refractivity contribution in [1.29, 1.82) is 0 Å². The van der Waals surface area contributed by atoms with Crippen molar-refractivity contribution in [2.45, 2.75) is 38.0 Å². The van der Waals surface area contributed by atoms with E-state index in [-0.39, 0.29) is 6.54 Å². The number of fused-ring (bicyclic) bond motifs is 1. The Morgan fingerprint density at radius 3 is 2.67 bits per heavy atom. The molecule has 0 radical (unpaired) electrons. The van der Waals surface area contributed by atoms with E-state index in [0.717, 1.165) is 31.4 Å². The fourth-order valence-corrected chi connectivity index (χ4v) is 2.19. The molecule has 2 nitrogen and oxygen atoms in total. The molecular weight excluding hydrogens is 198 g/mol. The molecule has 0 spiro atoms. The zero-order chi connectivity index (χ0) is 10.8. The van der Waals surface area contributed by atoms with Crippen LogP contribution in [0.3, 0.4) is 0 Å². The molecule has 3 N–H and O–H groups in total. The Bertz CT molecular complexity index is 310. The number of halogens is 2. The predicted molar refractivity (Wildman–Crippen MR) is 55.2 cm³/mol. The smallest absolute Gasteiger partial charge is 0.248 e. The number of hydrogen-bond acceptors (Lipinski definition) is 1. The minimum absolute atomic E-state index is 0.00292. The highest BCUT2D eigenvalue weighted by molar-refractivity contribution is 5.30. The summed E-state index contributed by atoms with van der Waals surface area (Å²) in [6.07, 6.45) is 1.92. The Balaban J connectivity index is 2.24. The molecule has 84 valence electrons. The molecule has 1 aromatic rings. The molecule has 1 aromatic heterocycles. The fourth-order valence-electron chi connectivity index (χ4n) is 2.19. The van der Waals surface area contributed by atoms with Crippen LogP contribution in [0.5, 0.6) is 0 Å². The number of aromatic amines is 1. The van der Waals surface area contributed by atoms with Crippen molar-refractivity contribution in [1.82, 2.24) is 4.98 Å². The van der Waals surface area contributed by atoms with Crippen molar-refractivity contribution in [2.75, 3.05) is 6.54 Å². The van der Waals surface area contributed by atoms with E-state index in [2.05, 4.69) is 4.98 Å². The molecular formula is C11H16F2N2. The van der Waals surface area contributed by atoms with Gasteiger partial charge >= 0.3 is 0 Å². The van der Waals surface area contributed by atoms with Crippen LogP contribution in [-0.4, -0.2) is 18.0 Å². The summed E-state index contributed by atoms with van der Waals surface area (Å²) in [7, 11) is 0. The average Bonchev–Trinajstić information content (AvgIpc) is 2.61. The van der Waals surface area contributed by atoms with Crippen LogP contribution < -0.4 is 5.73 Å². The van der Waals surface area contributed by atoms with Gasteiger partial charge in [0.15, 0.2) is 0 Å².